The van der Waals surface area contributed by atoms with E-state index in [1.165, 1.54) is 63.0 Å². The van der Waals surface area contributed by atoms with E-state index in [1.54, 1.807) is 0 Å². The summed E-state index contributed by atoms with van der Waals surface area (Å²) >= 11 is 0. The maximum absolute atomic E-state index is 3.60. The van der Waals surface area contributed by atoms with Crippen molar-refractivity contribution in [3.63, 3.8) is 0 Å². The third kappa shape index (κ3) is 4.43. The van der Waals surface area contributed by atoms with Crippen molar-refractivity contribution in [2.45, 2.75) is 52.4 Å². The van der Waals surface area contributed by atoms with Crippen molar-refractivity contribution < 1.29 is 0 Å². The predicted octanol–water partition coefficient (Wildman–Crippen LogP) is 4.92. The molecule has 1 aromatic rings. The van der Waals surface area contributed by atoms with E-state index in [1.807, 2.05) is 0 Å². The number of rotatable bonds is 8. The first-order valence-electron chi connectivity index (χ1n) is 8.42. The molecule has 1 saturated heterocycles. The molecule has 112 valence electrons. The second kappa shape index (κ2) is 8.18. The average Bonchev–Trinajstić information content (AvgIpc) is 3.02. The lowest BCUT2D eigenvalue weighted by atomic mass is 9.99. The van der Waals surface area contributed by atoms with Crippen molar-refractivity contribution >= 4 is 11.4 Å². The van der Waals surface area contributed by atoms with Crippen LogP contribution in [-0.4, -0.2) is 19.6 Å². The summed E-state index contributed by atoms with van der Waals surface area (Å²) in [6.45, 7) is 8.14. The lowest BCUT2D eigenvalue weighted by Crippen LogP contribution is -2.17. The molecule has 1 aliphatic heterocycles. The summed E-state index contributed by atoms with van der Waals surface area (Å²) < 4.78 is 0. The summed E-state index contributed by atoms with van der Waals surface area (Å²) in [6.07, 6.45) is 7.98. The molecule has 0 saturated carbocycles. The Labute approximate surface area is 124 Å². The van der Waals surface area contributed by atoms with Crippen LogP contribution in [0.4, 0.5) is 11.4 Å². The molecule has 1 unspecified atom stereocenters. The maximum Gasteiger partial charge on any atom is 0.0367 e. The van der Waals surface area contributed by atoms with Crippen molar-refractivity contribution in [3.8, 4) is 0 Å². The van der Waals surface area contributed by atoms with Gasteiger partial charge in [-0.05, 0) is 49.4 Å². The topological polar surface area (TPSA) is 15.3 Å². The molecule has 20 heavy (non-hydrogen) atoms. The van der Waals surface area contributed by atoms with Crippen LogP contribution in [0.25, 0.3) is 0 Å². The highest BCUT2D eigenvalue weighted by Gasteiger charge is 2.12. The van der Waals surface area contributed by atoms with E-state index in [0.29, 0.717) is 0 Å². The first-order valence-corrected chi connectivity index (χ1v) is 8.42. The molecule has 1 atom stereocenters. The number of unbranched alkanes of at least 4 members (excludes halogenated alkanes) is 1. The number of hydrogen-bond donors (Lipinski definition) is 1. The molecule has 2 nitrogen and oxygen atoms in total. The van der Waals surface area contributed by atoms with Gasteiger partial charge in [-0.1, -0.05) is 33.1 Å². The summed E-state index contributed by atoms with van der Waals surface area (Å²) in [7, 11) is 0. The Bertz CT molecular complexity index is 366. The van der Waals surface area contributed by atoms with E-state index < -0.39 is 0 Å². The Hall–Kier alpha value is -1.18. The Morgan fingerprint density at radius 2 is 1.80 bits per heavy atom. The molecule has 0 amide bonds. The van der Waals surface area contributed by atoms with Gasteiger partial charge in [0, 0.05) is 31.0 Å². The van der Waals surface area contributed by atoms with Crippen molar-refractivity contribution in [1.82, 2.24) is 0 Å². The molecule has 0 bridgehead atoms. The molecule has 1 N–H and O–H groups in total. The Balaban J connectivity index is 1.80. The highest BCUT2D eigenvalue weighted by atomic mass is 15.1. The first-order chi connectivity index (χ1) is 9.83. The Morgan fingerprint density at radius 1 is 1.10 bits per heavy atom. The third-order valence-corrected chi connectivity index (χ3v) is 4.48. The largest absolute Gasteiger partial charge is 0.385 e. The second-order valence-electron chi connectivity index (χ2n) is 6.04. The van der Waals surface area contributed by atoms with Crippen molar-refractivity contribution in [1.29, 1.82) is 0 Å². The Kier molecular flexibility index (Phi) is 6.23. The van der Waals surface area contributed by atoms with Crippen LogP contribution in [0.15, 0.2) is 24.3 Å². The summed E-state index contributed by atoms with van der Waals surface area (Å²) in [5, 5.41) is 3.60. The van der Waals surface area contributed by atoms with Crippen LogP contribution < -0.4 is 10.2 Å². The van der Waals surface area contributed by atoms with Crippen molar-refractivity contribution in [3.05, 3.63) is 24.3 Å². The van der Waals surface area contributed by atoms with Gasteiger partial charge in [-0.25, -0.2) is 0 Å². The van der Waals surface area contributed by atoms with E-state index in [-0.39, 0.29) is 0 Å². The summed E-state index contributed by atoms with van der Waals surface area (Å²) in [4.78, 5) is 2.49. The summed E-state index contributed by atoms with van der Waals surface area (Å²) in [5.74, 6) is 0.813. The van der Waals surface area contributed by atoms with Crippen LogP contribution in [0.1, 0.15) is 52.4 Å². The fraction of sp³-hybridized carbons (Fsp3) is 0.667. The SMILES string of the molecule is CCCCC(CC)CNc1ccc(N2CCCC2)cc1. The molecule has 1 aromatic carbocycles. The predicted molar refractivity (Wildman–Crippen MR) is 89.7 cm³/mol. The normalized spacial score (nSPS) is 16.4. The van der Waals surface area contributed by atoms with Crippen LogP contribution in [0.2, 0.25) is 0 Å². The van der Waals surface area contributed by atoms with Gasteiger partial charge < -0.3 is 10.2 Å². The van der Waals surface area contributed by atoms with Gasteiger partial charge in [-0.15, -0.1) is 0 Å². The number of nitrogens with one attached hydrogen (secondary N) is 1. The fourth-order valence-electron chi connectivity index (χ4n) is 2.97. The lowest BCUT2D eigenvalue weighted by Gasteiger charge is -2.19. The smallest absolute Gasteiger partial charge is 0.0367 e. The van der Waals surface area contributed by atoms with Gasteiger partial charge in [0.1, 0.15) is 0 Å². The van der Waals surface area contributed by atoms with Crippen LogP contribution in [0.3, 0.4) is 0 Å². The fourth-order valence-corrected chi connectivity index (χ4v) is 2.97. The first kappa shape index (κ1) is 15.2. The highest BCUT2D eigenvalue weighted by molar-refractivity contribution is 5.55. The van der Waals surface area contributed by atoms with Gasteiger partial charge in [0.25, 0.3) is 0 Å². The molecular formula is C18H30N2. The Morgan fingerprint density at radius 3 is 2.40 bits per heavy atom. The number of hydrogen-bond acceptors (Lipinski definition) is 2. The van der Waals surface area contributed by atoms with E-state index in [4.69, 9.17) is 0 Å². The molecule has 0 aliphatic carbocycles. The monoisotopic (exact) mass is 274 g/mol. The zero-order chi connectivity index (χ0) is 14.2. The van der Waals surface area contributed by atoms with Crippen LogP contribution in [0, 0.1) is 5.92 Å². The van der Waals surface area contributed by atoms with E-state index in [9.17, 15) is 0 Å². The van der Waals surface area contributed by atoms with Gasteiger partial charge in [0.05, 0.1) is 0 Å². The highest BCUT2D eigenvalue weighted by Crippen LogP contribution is 2.22. The molecule has 1 aliphatic rings. The minimum atomic E-state index is 0.813. The zero-order valence-electron chi connectivity index (χ0n) is 13.2. The summed E-state index contributed by atoms with van der Waals surface area (Å²) in [6, 6.07) is 9.00. The van der Waals surface area contributed by atoms with Gasteiger partial charge in [0.15, 0.2) is 0 Å². The number of nitrogens with zero attached hydrogens (tertiary/aromatic N) is 1. The van der Waals surface area contributed by atoms with Gasteiger partial charge in [0.2, 0.25) is 0 Å². The van der Waals surface area contributed by atoms with Crippen LogP contribution in [0.5, 0.6) is 0 Å². The minimum Gasteiger partial charge on any atom is -0.385 e. The number of benzene rings is 1. The van der Waals surface area contributed by atoms with Crippen molar-refractivity contribution in [2.24, 2.45) is 5.92 Å². The molecule has 0 radical (unpaired) electrons. The van der Waals surface area contributed by atoms with Gasteiger partial charge in [-0.2, -0.15) is 0 Å². The van der Waals surface area contributed by atoms with Crippen LogP contribution >= 0.6 is 0 Å². The molecule has 2 heteroatoms. The standard InChI is InChI=1S/C18H30N2/c1-3-5-8-16(4-2)15-19-17-9-11-18(12-10-17)20-13-6-7-14-20/h9-12,16,19H,3-8,13-15H2,1-2H3. The molecule has 1 heterocycles. The second-order valence-corrected chi connectivity index (χ2v) is 6.04. The average molecular weight is 274 g/mol. The zero-order valence-corrected chi connectivity index (χ0v) is 13.2. The van der Waals surface area contributed by atoms with E-state index in [2.05, 4.69) is 48.3 Å². The van der Waals surface area contributed by atoms with Gasteiger partial charge >= 0.3 is 0 Å². The molecule has 0 spiro atoms. The summed E-state index contributed by atoms with van der Waals surface area (Å²) in [5.41, 5.74) is 2.65. The van der Waals surface area contributed by atoms with Gasteiger partial charge in [-0.3, -0.25) is 0 Å². The maximum atomic E-state index is 3.60. The minimum absolute atomic E-state index is 0.813. The van der Waals surface area contributed by atoms with E-state index >= 15 is 0 Å². The quantitative estimate of drug-likeness (QED) is 0.724. The molecular weight excluding hydrogens is 244 g/mol. The number of anilines is 2. The third-order valence-electron chi connectivity index (χ3n) is 4.48. The van der Waals surface area contributed by atoms with Crippen molar-refractivity contribution in [2.75, 3.05) is 29.9 Å². The van der Waals surface area contributed by atoms with Crippen LogP contribution in [-0.2, 0) is 0 Å². The molecule has 1 fully saturated rings. The van der Waals surface area contributed by atoms with E-state index in [0.717, 1.165) is 12.5 Å². The molecule has 2 rings (SSSR count). The molecule has 0 aromatic heterocycles. The lowest BCUT2D eigenvalue weighted by molar-refractivity contribution is 0.473.